The molecule has 2 heterocycles. The van der Waals surface area contributed by atoms with Crippen molar-refractivity contribution < 1.29 is 0 Å². The summed E-state index contributed by atoms with van der Waals surface area (Å²) in [6.45, 7) is 14.7. The van der Waals surface area contributed by atoms with Crippen LogP contribution in [0.15, 0.2) is 0 Å². The summed E-state index contributed by atoms with van der Waals surface area (Å²) in [5.74, 6) is 2.64. The lowest BCUT2D eigenvalue weighted by molar-refractivity contribution is 0.0520. The molecule has 2 nitrogen and oxygen atoms in total. The van der Waals surface area contributed by atoms with E-state index < -0.39 is 0 Å². The molecule has 0 radical (unpaired) electrons. The molecule has 0 aromatic heterocycles. The van der Waals surface area contributed by atoms with Gasteiger partial charge < -0.3 is 5.32 Å². The van der Waals surface area contributed by atoms with E-state index in [9.17, 15) is 0 Å². The van der Waals surface area contributed by atoms with E-state index in [-0.39, 0.29) is 0 Å². The van der Waals surface area contributed by atoms with Crippen LogP contribution in [0.5, 0.6) is 0 Å². The van der Waals surface area contributed by atoms with Gasteiger partial charge in [0.15, 0.2) is 0 Å². The van der Waals surface area contributed by atoms with Gasteiger partial charge in [-0.25, -0.2) is 0 Å². The zero-order chi connectivity index (χ0) is 11.1. The fraction of sp³-hybridized carbons (Fsp3) is 1.00. The monoisotopic (exact) mass is 210 g/mol. The Balaban J connectivity index is 1.94. The maximum atomic E-state index is 3.40. The highest BCUT2D eigenvalue weighted by Gasteiger charge is 2.41. The molecule has 0 spiro atoms. The van der Waals surface area contributed by atoms with Gasteiger partial charge in [0.25, 0.3) is 0 Å². The van der Waals surface area contributed by atoms with Crippen LogP contribution in [0.4, 0.5) is 0 Å². The van der Waals surface area contributed by atoms with Crippen LogP contribution in [-0.4, -0.2) is 36.6 Å². The molecule has 0 aromatic carbocycles. The number of hydrogen-bond donors (Lipinski definition) is 1. The molecule has 0 aliphatic carbocycles. The van der Waals surface area contributed by atoms with E-state index in [1.807, 2.05) is 0 Å². The predicted octanol–water partition coefficient (Wildman–Crippen LogP) is 1.96. The summed E-state index contributed by atoms with van der Waals surface area (Å²) in [5.41, 5.74) is 0.412. The standard InChI is InChI=1S/C13H26N2/c1-10(2)11-5-6-15(9-11)13(3,4)12-7-14-8-12/h10-12,14H,5-9H2,1-4H3. The first-order valence-corrected chi connectivity index (χ1v) is 6.47. The van der Waals surface area contributed by atoms with Gasteiger partial charge in [0, 0.05) is 31.1 Å². The van der Waals surface area contributed by atoms with Crippen molar-refractivity contribution in [2.24, 2.45) is 17.8 Å². The van der Waals surface area contributed by atoms with Crippen LogP contribution >= 0.6 is 0 Å². The Hall–Kier alpha value is -0.0800. The summed E-state index contributed by atoms with van der Waals surface area (Å²) in [6.07, 6.45) is 1.40. The quantitative estimate of drug-likeness (QED) is 0.766. The molecule has 1 unspecified atom stereocenters. The third-order valence-electron chi connectivity index (χ3n) is 4.76. The third kappa shape index (κ3) is 2.07. The van der Waals surface area contributed by atoms with Crippen molar-refractivity contribution in [3.63, 3.8) is 0 Å². The van der Waals surface area contributed by atoms with Crippen LogP contribution in [0.1, 0.15) is 34.1 Å². The molecule has 0 aromatic rings. The van der Waals surface area contributed by atoms with Crippen molar-refractivity contribution in [2.75, 3.05) is 26.2 Å². The van der Waals surface area contributed by atoms with Crippen molar-refractivity contribution in [1.29, 1.82) is 0 Å². The molecule has 2 aliphatic rings. The molecule has 2 fully saturated rings. The summed E-state index contributed by atoms with van der Waals surface area (Å²) in [7, 11) is 0. The Morgan fingerprint density at radius 1 is 1.27 bits per heavy atom. The van der Waals surface area contributed by atoms with Crippen molar-refractivity contribution in [3.8, 4) is 0 Å². The summed E-state index contributed by atoms with van der Waals surface area (Å²) in [4.78, 5) is 2.73. The minimum Gasteiger partial charge on any atom is -0.316 e. The molecule has 2 heteroatoms. The first-order valence-electron chi connectivity index (χ1n) is 6.47. The lowest BCUT2D eigenvalue weighted by atomic mass is 9.81. The van der Waals surface area contributed by atoms with Crippen LogP contribution in [0.25, 0.3) is 0 Å². The van der Waals surface area contributed by atoms with Crippen LogP contribution < -0.4 is 5.32 Å². The predicted molar refractivity (Wildman–Crippen MR) is 65.0 cm³/mol. The van der Waals surface area contributed by atoms with Gasteiger partial charge in [0.1, 0.15) is 0 Å². The molecular weight excluding hydrogens is 184 g/mol. The second kappa shape index (κ2) is 4.06. The third-order valence-corrected chi connectivity index (χ3v) is 4.76. The van der Waals surface area contributed by atoms with E-state index >= 15 is 0 Å². The zero-order valence-corrected chi connectivity index (χ0v) is 10.7. The largest absolute Gasteiger partial charge is 0.316 e. The van der Waals surface area contributed by atoms with Crippen molar-refractivity contribution in [3.05, 3.63) is 0 Å². The van der Waals surface area contributed by atoms with E-state index in [2.05, 4.69) is 37.9 Å². The lowest BCUT2D eigenvalue weighted by Crippen LogP contribution is -2.60. The van der Waals surface area contributed by atoms with Gasteiger partial charge in [-0.2, -0.15) is 0 Å². The number of likely N-dealkylation sites (tertiary alicyclic amines) is 1. The maximum Gasteiger partial charge on any atom is 0.0205 e. The fourth-order valence-electron chi connectivity index (χ4n) is 2.90. The minimum absolute atomic E-state index is 0.412. The molecule has 1 atom stereocenters. The van der Waals surface area contributed by atoms with Gasteiger partial charge in [-0.15, -0.1) is 0 Å². The number of rotatable bonds is 3. The summed E-state index contributed by atoms with van der Waals surface area (Å²) < 4.78 is 0. The van der Waals surface area contributed by atoms with Gasteiger partial charge in [0.05, 0.1) is 0 Å². The van der Waals surface area contributed by atoms with E-state index in [0.29, 0.717) is 5.54 Å². The highest BCUT2D eigenvalue weighted by Crippen LogP contribution is 2.34. The second-order valence-corrected chi connectivity index (χ2v) is 6.25. The SMILES string of the molecule is CC(C)C1CCN(C(C)(C)C2CNC2)C1. The lowest BCUT2D eigenvalue weighted by Gasteiger charge is -2.47. The Morgan fingerprint density at radius 3 is 2.33 bits per heavy atom. The van der Waals surface area contributed by atoms with Crippen LogP contribution in [0.2, 0.25) is 0 Å². The van der Waals surface area contributed by atoms with Gasteiger partial charge >= 0.3 is 0 Å². The first kappa shape index (κ1) is 11.4. The topological polar surface area (TPSA) is 15.3 Å². The van der Waals surface area contributed by atoms with Crippen molar-refractivity contribution in [2.45, 2.75) is 39.7 Å². The normalized spacial score (nSPS) is 29.8. The average Bonchev–Trinajstić information content (AvgIpc) is 2.46. The summed E-state index contributed by atoms with van der Waals surface area (Å²) >= 11 is 0. The van der Waals surface area contributed by atoms with Gasteiger partial charge in [-0.1, -0.05) is 13.8 Å². The summed E-state index contributed by atoms with van der Waals surface area (Å²) in [6, 6.07) is 0. The van der Waals surface area contributed by atoms with E-state index in [1.165, 1.54) is 32.6 Å². The van der Waals surface area contributed by atoms with Crippen LogP contribution in [-0.2, 0) is 0 Å². The van der Waals surface area contributed by atoms with Gasteiger partial charge in [-0.05, 0) is 38.6 Å². The molecule has 2 saturated heterocycles. The first-order chi connectivity index (χ1) is 7.01. The smallest absolute Gasteiger partial charge is 0.0205 e. The maximum absolute atomic E-state index is 3.40. The highest BCUT2D eigenvalue weighted by atomic mass is 15.2. The molecule has 0 amide bonds. The Labute approximate surface area is 94.4 Å². The molecule has 2 aliphatic heterocycles. The molecular formula is C13H26N2. The highest BCUT2D eigenvalue weighted by molar-refractivity contribution is 4.98. The van der Waals surface area contributed by atoms with E-state index in [0.717, 1.165) is 17.8 Å². The number of nitrogens with zero attached hydrogens (tertiary/aromatic N) is 1. The van der Waals surface area contributed by atoms with Gasteiger partial charge in [0.2, 0.25) is 0 Å². The van der Waals surface area contributed by atoms with Gasteiger partial charge in [-0.3, -0.25) is 4.90 Å². The van der Waals surface area contributed by atoms with Crippen LogP contribution in [0.3, 0.4) is 0 Å². The molecule has 15 heavy (non-hydrogen) atoms. The zero-order valence-electron chi connectivity index (χ0n) is 10.7. The van der Waals surface area contributed by atoms with Crippen molar-refractivity contribution in [1.82, 2.24) is 10.2 Å². The molecule has 0 bridgehead atoms. The number of hydrogen-bond acceptors (Lipinski definition) is 2. The molecule has 0 saturated carbocycles. The van der Waals surface area contributed by atoms with E-state index in [4.69, 9.17) is 0 Å². The van der Waals surface area contributed by atoms with E-state index in [1.54, 1.807) is 0 Å². The fourth-order valence-corrected chi connectivity index (χ4v) is 2.90. The average molecular weight is 210 g/mol. The summed E-state index contributed by atoms with van der Waals surface area (Å²) in [5, 5.41) is 3.40. The second-order valence-electron chi connectivity index (χ2n) is 6.25. The Bertz CT molecular complexity index is 219. The Morgan fingerprint density at radius 2 is 1.93 bits per heavy atom. The minimum atomic E-state index is 0.412. The molecule has 1 N–H and O–H groups in total. The van der Waals surface area contributed by atoms with Crippen molar-refractivity contribution >= 4 is 0 Å². The molecule has 2 rings (SSSR count). The van der Waals surface area contributed by atoms with Crippen LogP contribution in [0, 0.1) is 17.8 Å². The Kier molecular flexibility index (Phi) is 3.09. The number of nitrogens with one attached hydrogen (secondary N) is 1. The molecule has 88 valence electrons.